The lowest BCUT2D eigenvalue weighted by Gasteiger charge is -2.38. The summed E-state index contributed by atoms with van der Waals surface area (Å²) in [5.74, 6) is 0.361. The monoisotopic (exact) mass is 335 g/mol. The van der Waals surface area contributed by atoms with Crippen molar-refractivity contribution in [2.24, 2.45) is 13.0 Å². The number of hydrogen-bond donors (Lipinski definition) is 2. The van der Waals surface area contributed by atoms with Crippen LogP contribution >= 0.6 is 0 Å². The Labute approximate surface area is 143 Å². The van der Waals surface area contributed by atoms with Crippen LogP contribution in [0, 0.1) is 5.92 Å². The summed E-state index contributed by atoms with van der Waals surface area (Å²) in [6.45, 7) is 7.65. The number of aliphatic hydroxyl groups excluding tert-OH is 1. The molecule has 7 nitrogen and oxygen atoms in total. The van der Waals surface area contributed by atoms with E-state index in [0.29, 0.717) is 12.5 Å². The van der Waals surface area contributed by atoms with Crippen LogP contribution in [0.1, 0.15) is 31.4 Å². The normalized spacial score (nSPS) is 26.8. The molecule has 2 heterocycles. The van der Waals surface area contributed by atoms with E-state index < -0.39 is 0 Å². The average molecular weight is 335 g/mol. The predicted octanol–water partition coefficient (Wildman–Crippen LogP) is -0.0142. The van der Waals surface area contributed by atoms with Crippen molar-refractivity contribution in [1.82, 2.24) is 24.9 Å². The maximum Gasteiger partial charge on any atom is 0.234 e. The molecular formula is C17H29N5O2. The minimum absolute atomic E-state index is 0.0495. The third-order valence-electron chi connectivity index (χ3n) is 5.30. The van der Waals surface area contributed by atoms with Gasteiger partial charge in [-0.1, -0.05) is 6.92 Å². The highest BCUT2D eigenvalue weighted by atomic mass is 16.3. The molecule has 1 atom stereocenters. The standard InChI is InChI=1S/C17H29N5O2/c1-3-21-4-6-22(7-5-21)12-16(24)19-17(13-8-15(23)9-13)14-10-18-20(2)11-14/h10-11,13,15,17,23H,3-9,12H2,1-2H3,(H,19,24)/t13?,15?,17-/m1/s1. The van der Waals surface area contributed by atoms with Gasteiger partial charge in [-0.3, -0.25) is 14.4 Å². The first-order valence-corrected chi connectivity index (χ1v) is 8.95. The number of aryl methyl sites for hydroxylation is 1. The number of carbonyl (C=O) groups excluding carboxylic acids is 1. The highest BCUT2D eigenvalue weighted by molar-refractivity contribution is 5.78. The second kappa shape index (κ2) is 7.63. The SMILES string of the molecule is CCN1CCN(CC(=O)N[C@@H](c2cnn(C)c2)C2CC(O)C2)CC1. The zero-order valence-corrected chi connectivity index (χ0v) is 14.7. The van der Waals surface area contributed by atoms with Crippen LogP contribution < -0.4 is 5.32 Å². The number of carbonyl (C=O) groups is 1. The quantitative estimate of drug-likeness (QED) is 0.765. The minimum atomic E-state index is -0.229. The highest BCUT2D eigenvalue weighted by Gasteiger charge is 2.36. The number of nitrogens with zero attached hydrogens (tertiary/aromatic N) is 4. The van der Waals surface area contributed by atoms with E-state index in [2.05, 4.69) is 27.1 Å². The Morgan fingerprint density at radius 3 is 2.54 bits per heavy atom. The molecule has 0 radical (unpaired) electrons. The van der Waals surface area contributed by atoms with E-state index in [1.807, 2.05) is 19.4 Å². The van der Waals surface area contributed by atoms with Gasteiger partial charge in [0, 0.05) is 45.0 Å². The average Bonchev–Trinajstić information content (AvgIpc) is 2.97. The molecule has 0 aromatic carbocycles. The van der Waals surface area contributed by atoms with Gasteiger partial charge in [0.2, 0.25) is 5.91 Å². The van der Waals surface area contributed by atoms with E-state index in [1.54, 1.807) is 4.68 Å². The molecule has 2 N–H and O–H groups in total. The van der Waals surface area contributed by atoms with Gasteiger partial charge in [-0.2, -0.15) is 5.10 Å². The smallest absolute Gasteiger partial charge is 0.234 e. The molecule has 24 heavy (non-hydrogen) atoms. The molecule has 2 fully saturated rings. The molecule has 1 aliphatic heterocycles. The van der Waals surface area contributed by atoms with E-state index >= 15 is 0 Å². The summed E-state index contributed by atoms with van der Waals surface area (Å²) >= 11 is 0. The van der Waals surface area contributed by atoms with Crippen LogP contribution in [-0.4, -0.2) is 76.0 Å². The summed E-state index contributed by atoms with van der Waals surface area (Å²) in [6, 6.07) is -0.0495. The number of aromatic nitrogens is 2. The van der Waals surface area contributed by atoms with Gasteiger partial charge in [-0.25, -0.2) is 0 Å². The maximum absolute atomic E-state index is 12.5. The fourth-order valence-electron chi connectivity index (χ4n) is 3.66. The van der Waals surface area contributed by atoms with Crippen molar-refractivity contribution in [2.75, 3.05) is 39.3 Å². The maximum atomic E-state index is 12.5. The second-order valence-corrected chi connectivity index (χ2v) is 7.09. The predicted molar refractivity (Wildman–Crippen MR) is 91.4 cm³/mol. The molecule has 1 aromatic rings. The van der Waals surface area contributed by atoms with E-state index in [9.17, 15) is 9.90 Å². The van der Waals surface area contributed by atoms with E-state index in [-0.39, 0.29) is 18.1 Å². The van der Waals surface area contributed by atoms with Crippen LogP contribution in [0.4, 0.5) is 0 Å². The number of aliphatic hydroxyl groups is 1. The van der Waals surface area contributed by atoms with Crippen molar-refractivity contribution in [1.29, 1.82) is 0 Å². The minimum Gasteiger partial charge on any atom is -0.393 e. The summed E-state index contributed by atoms with van der Waals surface area (Å²) < 4.78 is 1.76. The highest BCUT2D eigenvalue weighted by Crippen LogP contribution is 2.37. The summed E-state index contributed by atoms with van der Waals surface area (Å²) in [5, 5.41) is 17.0. The van der Waals surface area contributed by atoms with Crippen molar-refractivity contribution in [3.63, 3.8) is 0 Å². The lowest BCUT2D eigenvalue weighted by molar-refractivity contribution is -0.124. The Kier molecular flexibility index (Phi) is 5.53. The zero-order valence-electron chi connectivity index (χ0n) is 14.7. The Morgan fingerprint density at radius 1 is 1.33 bits per heavy atom. The Hall–Kier alpha value is -1.44. The molecule has 1 aromatic heterocycles. The molecule has 0 unspecified atom stereocenters. The van der Waals surface area contributed by atoms with Crippen molar-refractivity contribution >= 4 is 5.91 Å². The van der Waals surface area contributed by atoms with Crippen LogP contribution in [0.25, 0.3) is 0 Å². The molecule has 7 heteroatoms. The molecule has 1 saturated heterocycles. The first-order chi connectivity index (χ1) is 11.5. The van der Waals surface area contributed by atoms with Gasteiger partial charge in [0.1, 0.15) is 0 Å². The Bertz CT molecular complexity index is 547. The Balaban J connectivity index is 1.55. The number of amides is 1. The number of likely N-dealkylation sites (N-methyl/N-ethyl adjacent to an activating group) is 1. The lowest BCUT2D eigenvalue weighted by Crippen LogP contribution is -2.50. The molecular weight excluding hydrogens is 306 g/mol. The van der Waals surface area contributed by atoms with Gasteiger partial charge in [0.25, 0.3) is 0 Å². The number of hydrogen-bond acceptors (Lipinski definition) is 5. The van der Waals surface area contributed by atoms with Gasteiger partial charge in [0.15, 0.2) is 0 Å². The third kappa shape index (κ3) is 4.15. The first-order valence-electron chi connectivity index (χ1n) is 8.95. The topological polar surface area (TPSA) is 73.6 Å². The van der Waals surface area contributed by atoms with Gasteiger partial charge < -0.3 is 15.3 Å². The summed E-state index contributed by atoms with van der Waals surface area (Å²) in [4.78, 5) is 17.1. The van der Waals surface area contributed by atoms with Gasteiger partial charge in [0.05, 0.1) is 24.9 Å². The van der Waals surface area contributed by atoms with E-state index in [4.69, 9.17) is 0 Å². The first kappa shape index (κ1) is 17.4. The van der Waals surface area contributed by atoms with Crippen molar-refractivity contribution in [2.45, 2.75) is 31.9 Å². The summed E-state index contributed by atoms with van der Waals surface area (Å²) in [6.07, 6.45) is 5.03. The summed E-state index contributed by atoms with van der Waals surface area (Å²) in [7, 11) is 1.88. The Morgan fingerprint density at radius 2 is 2.00 bits per heavy atom. The van der Waals surface area contributed by atoms with Crippen LogP contribution in [0.2, 0.25) is 0 Å². The van der Waals surface area contributed by atoms with Crippen molar-refractivity contribution < 1.29 is 9.90 Å². The van der Waals surface area contributed by atoms with E-state index in [1.165, 1.54) is 0 Å². The second-order valence-electron chi connectivity index (χ2n) is 7.09. The van der Waals surface area contributed by atoms with Crippen molar-refractivity contribution in [3.05, 3.63) is 18.0 Å². The zero-order chi connectivity index (χ0) is 17.1. The molecule has 134 valence electrons. The fourth-order valence-corrected chi connectivity index (χ4v) is 3.66. The summed E-state index contributed by atoms with van der Waals surface area (Å²) in [5.41, 5.74) is 1.03. The van der Waals surface area contributed by atoms with Crippen LogP contribution in [0.15, 0.2) is 12.4 Å². The largest absolute Gasteiger partial charge is 0.393 e. The molecule has 1 aliphatic carbocycles. The lowest BCUT2D eigenvalue weighted by atomic mass is 9.75. The van der Waals surface area contributed by atoms with Gasteiger partial charge >= 0.3 is 0 Å². The van der Waals surface area contributed by atoms with Crippen molar-refractivity contribution in [3.8, 4) is 0 Å². The van der Waals surface area contributed by atoms with E-state index in [0.717, 1.165) is 51.1 Å². The van der Waals surface area contributed by atoms with Crippen LogP contribution in [-0.2, 0) is 11.8 Å². The fraction of sp³-hybridized carbons (Fsp3) is 0.765. The molecule has 0 spiro atoms. The molecule has 3 rings (SSSR count). The molecule has 1 saturated carbocycles. The van der Waals surface area contributed by atoms with Crippen LogP contribution in [0.3, 0.4) is 0 Å². The molecule has 0 bridgehead atoms. The molecule has 2 aliphatic rings. The third-order valence-corrected chi connectivity index (χ3v) is 5.30. The number of rotatable bonds is 6. The van der Waals surface area contributed by atoms with Gasteiger partial charge in [-0.05, 0) is 25.3 Å². The molecule has 1 amide bonds. The van der Waals surface area contributed by atoms with Gasteiger partial charge in [-0.15, -0.1) is 0 Å². The van der Waals surface area contributed by atoms with Crippen LogP contribution in [0.5, 0.6) is 0 Å². The number of piperazine rings is 1. The number of nitrogens with one attached hydrogen (secondary N) is 1.